The van der Waals surface area contributed by atoms with Gasteiger partial charge in [0.1, 0.15) is 5.60 Å². The number of amides is 2. The predicted octanol–water partition coefficient (Wildman–Crippen LogP) is 3.73. The average molecular weight is 498 g/mol. The molecule has 0 radical (unpaired) electrons. The molecule has 1 aliphatic rings. The first-order chi connectivity index (χ1) is 15.3. The summed E-state index contributed by atoms with van der Waals surface area (Å²) in [6.45, 7) is 6.58. The third-order valence-electron chi connectivity index (χ3n) is 4.81. The third-order valence-corrected chi connectivity index (χ3v) is 5.64. The summed E-state index contributed by atoms with van der Waals surface area (Å²) < 4.78 is 32.4. The number of carbonyl (C=O) groups is 2. The normalized spacial score (nSPS) is 15.2. The molecule has 0 bridgehead atoms. The van der Waals surface area contributed by atoms with Crippen molar-refractivity contribution in [3.05, 3.63) is 41.2 Å². The molecule has 2 heterocycles. The molecule has 1 aromatic heterocycles. The van der Waals surface area contributed by atoms with Crippen molar-refractivity contribution in [2.45, 2.75) is 45.3 Å². The van der Waals surface area contributed by atoms with Crippen molar-refractivity contribution in [2.75, 3.05) is 29.4 Å². The van der Waals surface area contributed by atoms with Crippen molar-refractivity contribution in [3.8, 4) is 0 Å². The van der Waals surface area contributed by atoms with Crippen LogP contribution < -0.4 is 10.0 Å². The average Bonchev–Trinajstić information content (AvgIpc) is 3.15. The van der Waals surface area contributed by atoms with E-state index < -0.39 is 21.5 Å². The molecule has 1 aliphatic heterocycles. The predicted molar refractivity (Wildman–Crippen MR) is 126 cm³/mol. The summed E-state index contributed by atoms with van der Waals surface area (Å²) in [6.07, 6.45) is 5.21. The second-order valence-corrected chi connectivity index (χ2v) is 11.1. The number of hydrogen-bond acceptors (Lipinski definition) is 6. The molecule has 1 aromatic carbocycles. The number of nitrogens with one attached hydrogen (secondary N) is 2. The quantitative estimate of drug-likeness (QED) is 0.648. The van der Waals surface area contributed by atoms with Gasteiger partial charge in [0, 0.05) is 30.0 Å². The van der Waals surface area contributed by atoms with Gasteiger partial charge in [-0.05, 0) is 51.8 Å². The van der Waals surface area contributed by atoms with Crippen molar-refractivity contribution in [1.29, 1.82) is 0 Å². The number of halogens is 1. The lowest BCUT2D eigenvalue weighted by atomic mass is 10.1. The first kappa shape index (κ1) is 24.8. The van der Waals surface area contributed by atoms with E-state index in [0.717, 1.165) is 6.26 Å². The summed E-state index contributed by atoms with van der Waals surface area (Å²) in [5.74, 6) is -0.403. The summed E-state index contributed by atoms with van der Waals surface area (Å²) in [6, 6.07) is 4.49. The molecule has 0 saturated carbocycles. The fourth-order valence-electron chi connectivity index (χ4n) is 3.43. The Balaban J connectivity index is 1.61. The zero-order chi connectivity index (χ0) is 24.4. The van der Waals surface area contributed by atoms with Crippen molar-refractivity contribution in [3.63, 3.8) is 0 Å². The highest BCUT2D eigenvalue weighted by Gasteiger charge is 2.28. The Bertz CT molecular complexity index is 1130. The van der Waals surface area contributed by atoms with E-state index in [1.165, 1.54) is 24.4 Å². The molecule has 0 atom stereocenters. The third kappa shape index (κ3) is 7.36. The number of anilines is 2. The minimum Gasteiger partial charge on any atom is -0.444 e. The van der Waals surface area contributed by atoms with Gasteiger partial charge in [-0.2, -0.15) is 5.10 Å². The number of likely N-dealkylation sites (tertiary alicyclic amines) is 1. The smallest absolute Gasteiger partial charge is 0.410 e. The van der Waals surface area contributed by atoms with Crippen LogP contribution in [-0.4, -0.2) is 60.0 Å². The SMILES string of the molecule is CC(C)(C)OC(=O)N1CCC(n2cc(C(=O)Nc3cc(Cl)cc(NS(C)(=O)=O)c3)cn2)CC1. The van der Waals surface area contributed by atoms with E-state index in [9.17, 15) is 18.0 Å². The number of sulfonamides is 1. The summed E-state index contributed by atoms with van der Waals surface area (Å²) in [4.78, 5) is 26.6. The van der Waals surface area contributed by atoms with Gasteiger partial charge in [-0.25, -0.2) is 13.2 Å². The highest BCUT2D eigenvalue weighted by atomic mass is 35.5. The zero-order valence-corrected chi connectivity index (χ0v) is 20.5. The summed E-state index contributed by atoms with van der Waals surface area (Å²) >= 11 is 6.04. The lowest BCUT2D eigenvalue weighted by Gasteiger charge is -2.33. The maximum Gasteiger partial charge on any atom is 0.410 e. The van der Waals surface area contributed by atoms with Crippen LogP contribution in [0.15, 0.2) is 30.6 Å². The van der Waals surface area contributed by atoms with E-state index in [2.05, 4.69) is 15.1 Å². The van der Waals surface area contributed by atoms with Crippen LogP contribution in [-0.2, 0) is 14.8 Å². The molecule has 3 rings (SSSR count). The Hall–Kier alpha value is -2.79. The number of rotatable bonds is 5. The number of nitrogens with zero attached hydrogens (tertiary/aromatic N) is 3. The minimum atomic E-state index is -3.49. The summed E-state index contributed by atoms with van der Waals surface area (Å²) in [5, 5.41) is 7.29. The van der Waals surface area contributed by atoms with E-state index in [0.29, 0.717) is 37.2 Å². The molecule has 1 saturated heterocycles. The molecular weight excluding hydrogens is 470 g/mol. The Labute approximate surface area is 198 Å². The lowest BCUT2D eigenvalue weighted by Crippen LogP contribution is -2.42. The molecule has 0 spiro atoms. The van der Waals surface area contributed by atoms with Crippen molar-refractivity contribution < 1.29 is 22.7 Å². The molecule has 0 aliphatic carbocycles. The molecule has 2 amide bonds. The number of aromatic nitrogens is 2. The van der Waals surface area contributed by atoms with Crippen molar-refractivity contribution >= 4 is 45.0 Å². The molecule has 180 valence electrons. The standard InChI is InChI=1S/C21H28ClN5O5S/c1-21(2,3)32-20(29)26-7-5-18(6-8-26)27-13-14(12-23-27)19(28)24-16-9-15(22)10-17(11-16)25-33(4,30)31/h9-13,18,25H,5-8H2,1-4H3,(H,24,28). The highest BCUT2D eigenvalue weighted by Crippen LogP contribution is 2.25. The van der Waals surface area contributed by atoms with Gasteiger partial charge in [0.15, 0.2) is 0 Å². The Morgan fingerprint density at radius 1 is 1.15 bits per heavy atom. The molecule has 1 fully saturated rings. The molecule has 33 heavy (non-hydrogen) atoms. The van der Waals surface area contributed by atoms with Crippen LogP contribution in [0.5, 0.6) is 0 Å². The zero-order valence-electron chi connectivity index (χ0n) is 19.0. The second kappa shape index (κ2) is 9.60. The van der Waals surface area contributed by atoms with E-state index in [-0.39, 0.29) is 22.8 Å². The number of piperidine rings is 1. The van der Waals surface area contributed by atoms with Crippen LogP contribution >= 0.6 is 11.6 Å². The van der Waals surface area contributed by atoms with E-state index in [1.807, 2.05) is 20.8 Å². The maximum atomic E-state index is 12.7. The van der Waals surface area contributed by atoms with Gasteiger partial charge in [0.25, 0.3) is 5.91 Å². The van der Waals surface area contributed by atoms with Crippen molar-refractivity contribution in [2.24, 2.45) is 0 Å². The van der Waals surface area contributed by atoms with Gasteiger partial charge < -0.3 is 15.0 Å². The van der Waals surface area contributed by atoms with Gasteiger partial charge in [0.2, 0.25) is 10.0 Å². The highest BCUT2D eigenvalue weighted by molar-refractivity contribution is 7.92. The number of ether oxygens (including phenoxy) is 1. The fourth-order valence-corrected chi connectivity index (χ4v) is 4.21. The molecule has 0 unspecified atom stereocenters. The van der Waals surface area contributed by atoms with Gasteiger partial charge in [0.05, 0.1) is 29.7 Å². The van der Waals surface area contributed by atoms with Gasteiger partial charge in [-0.15, -0.1) is 0 Å². The number of hydrogen-bond donors (Lipinski definition) is 2. The Morgan fingerprint density at radius 3 is 2.39 bits per heavy atom. The van der Waals surface area contributed by atoms with E-state index in [1.54, 1.807) is 15.8 Å². The molecule has 2 aromatic rings. The topological polar surface area (TPSA) is 123 Å². The molecule has 12 heteroatoms. The maximum absolute atomic E-state index is 12.7. The first-order valence-electron chi connectivity index (χ1n) is 10.4. The largest absolute Gasteiger partial charge is 0.444 e. The van der Waals surface area contributed by atoms with E-state index >= 15 is 0 Å². The van der Waals surface area contributed by atoms with Crippen LogP contribution in [0.2, 0.25) is 5.02 Å². The molecule has 2 N–H and O–H groups in total. The van der Waals surface area contributed by atoms with Gasteiger partial charge in [-0.1, -0.05) is 11.6 Å². The monoisotopic (exact) mass is 497 g/mol. The fraction of sp³-hybridized carbons (Fsp3) is 0.476. The van der Waals surface area contributed by atoms with Crippen LogP contribution in [0.1, 0.15) is 50.0 Å². The van der Waals surface area contributed by atoms with Crippen LogP contribution in [0, 0.1) is 0 Å². The van der Waals surface area contributed by atoms with Crippen LogP contribution in [0.25, 0.3) is 0 Å². The first-order valence-corrected chi connectivity index (χ1v) is 12.7. The Morgan fingerprint density at radius 2 is 1.79 bits per heavy atom. The Kier molecular flexibility index (Phi) is 7.23. The van der Waals surface area contributed by atoms with Crippen LogP contribution in [0.4, 0.5) is 16.2 Å². The van der Waals surface area contributed by atoms with Gasteiger partial charge >= 0.3 is 6.09 Å². The lowest BCUT2D eigenvalue weighted by molar-refractivity contribution is 0.0184. The summed E-state index contributed by atoms with van der Waals surface area (Å²) in [5.41, 5.74) is 0.398. The molecule has 10 nitrogen and oxygen atoms in total. The van der Waals surface area contributed by atoms with Crippen molar-refractivity contribution in [1.82, 2.24) is 14.7 Å². The summed E-state index contributed by atoms with van der Waals surface area (Å²) in [7, 11) is -3.49. The number of carbonyl (C=O) groups excluding carboxylic acids is 2. The van der Waals surface area contributed by atoms with Crippen LogP contribution in [0.3, 0.4) is 0 Å². The minimum absolute atomic E-state index is 0.0574. The van der Waals surface area contributed by atoms with Gasteiger partial charge in [-0.3, -0.25) is 14.2 Å². The molecular formula is C21H28ClN5O5S. The second-order valence-electron chi connectivity index (χ2n) is 8.96. The van der Waals surface area contributed by atoms with E-state index in [4.69, 9.17) is 16.3 Å². The number of benzene rings is 1.